The Morgan fingerprint density at radius 2 is 0.684 bits per heavy atom. The van der Waals surface area contributed by atoms with Crippen molar-refractivity contribution in [2.75, 3.05) is 6.61 Å². The molecule has 0 heterocycles. The van der Waals surface area contributed by atoms with Crippen molar-refractivity contribution in [1.82, 2.24) is 5.32 Å². The Balaban J connectivity index is 3.57. The minimum Gasteiger partial charge on any atom is -0.394 e. The van der Waals surface area contributed by atoms with Crippen LogP contribution in [-0.4, -0.2) is 46.1 Å². The fraction of sp³-hybridized carbons (Fsp3) is 0.942. The zero-order valence-corrected chi connectivity index (χ0v) is 38.7. The molecule has 0 aliphatic heterocycles. The maximum absolute atomic E-state index is 12.5. The molecule has 0 spiro atoms. The lowest BCUT2D eigenvalue weighted by Gasteiger charge is -2.21. The van der Waals surface area contributed by atoms with Crippen molar-refractivity contribution in [1.29, 1.82) is 0 Å². The van der Waals surface area contributed by atoms with Crippen LogP contribution in [-0.2, 0) is 4.79 Å². The second kappa shape index (κ2) is 47.8. The lowest BCUT2D eigenvalue weighted by atomic mass is 10.0. The van der Waals surface area contributed by atoms with Crippen LogP contribution in [0.15, 0.2) is 12.2 Å². The van der Waals surface area contributed by atoms with Crippen LogP contribution >= 0.6 is 0 Å². The van der Waals surface area contributed by atoms with Gasteiger partial charge in [0.05, 0.1) is 18.8 Å². The molecule has 0 fully saturated rings. The van der Waals surface area contributed by atoms with E-state index in [4.69, 9.17) is 0 Å². The molecule has 4 N–H and O–H groups in total. The number of amides is 1. The summed E-state index contributed by atoms with van der Waals surface area (Å²) >= 11 is 0. The van der Waals surface area contributed by atoms with Crippen LogP contribution in [0.3, 0.4) is 0 Å². The van der Waals surface area contributed by atoms with E-state index in [2.05, 4.69) is 19.2 Å². The number of unbranched alkanes of at least 4 members (excludes halogenated alkanes) is 40. The molecular weight excluding hydrogens is 703 g/mol. The smallest absolute Gasteiger partial charge is 0.249 e. The third-order valence-corrected chi connectivity index (χ3v) is 12.4. The molecule has 1 amide bonds. The zero-order valence-electron chi connectivity index (χ0n) is 38.7. The molecule has 0 aromatic heterocycles. The SMILES string of the molecule is CCCCCCCCCCCCCCCCCCCCCC/C=C/C(O)C(CO)NC(=O)C(O)CCCCCCCCCCCCCCCCCCCCCCC. The van der Waals surface area contributed by atoms with E-state index in [9.17, 15) is 20.1 Å². The minimum atomic E-state index is -1.09. The zero-order chi connectivity index (χ0) is 41.5. The molecule has 0 rings (SSSR count). The Kier molecular flexibility index (Phi) is 47.0. The fourth-order valence-electron chi connectivity index (χ4n) is 8.31. The number of rotatable bonds is 48. The summed E-state index contributed by atoms with van der Waals surface area (Å²) in [5.74, 6) is -0.497. The largest absolute Gasteiger partial charge is 0.394 e. The summed E-state index contributed by atoms with van der Waals surface area (Å²) in [4.78, 5) is 12.5. The quantitative estimate of drug-likeness (QED) is 0.0364. The standard InChI is InChI=1S/C52H103NO4/c1-3-5-7-9-11-13-15-17-19-21-23-25-27-28-30-32-34-36-38-40-42-44-46-50(55)49(48-54)53-52(57)51(56)47-45-43-41-39-37-35-33-31-29-26-24-22-20-18-16-14-12-10-8-6-4-2/h44,46,49-51,54-56H,3-43,45,47-48H2,1-2H3,(H,53,57)/b46-44+. The van der Waals surface area contributed by atoms with Crippen LogP contribution < -0.4 is 5.32 Å². The molecule has 0 aromatic carbocycles. The van der Waals surface area contributed by atoms with Crippen LogP contribution in [0, 0.1) is 0 Å². The topological polar surface area (TPSA) is 89.8 Å². The molecule has 0 saturated carbocycles. The summed E-state index contributed by atoms with van der Waals surface area (Å²) in [6.07, 6.45) is 58.4. The Morgan fingerprint density at radius 3 is 0.965 bits per heavy atom. The van der Waals surface area contributed by atoms with Gasteiger partial charge in [-0.3, -0.25) is 4.79 Å². The van der Waals surface area contributed by atoms with Crippen molar-refractivity contribution in [3.8, 4) is 0 Å². The molecular formula is C52H103NO4. The van der Waals surface area contributed by atoms with Crippen molar-refractivity contribution < 1.29 is 20.1 Å². The third kappa shape index (κ3) is 43.0. The van der Waals surface area contributed by atoms with E-state index in [1.165, 1.54) is 238 Å². The van der Waals surface area contributed by atoms with Gasteiger partial charge in [-0.25, -0.2) is 0 Å². The molecule has 340 valence electrons. The minimum absolute atomic E-state index is 0.358. The molecule has 5 heteroatoms. The number of aliphatic hydroxyl groups excluding tert-OH is 3. The first-order chi connectivity index (χ1) is 28.1. The first-order valence-corrected chi connectivity index (χ1v) is 26.0. The maximum atomic E-state index is 12.5. The average Bonchev–Trinajstić information content (AvgIpc) is 3.22. The number of carbonyl (C=O) groups is 1. The molecule has 0 aromatic rings. The van der Waals surface area contributed by atoms with Crippen molar-refractivity contribution in [3.05, 3.63) is 12.2 Å². The van der Waals surface area contributed by atoms with Crippen LogP contribution in [0.1, 0.15) is 290 Å². The summed E-state index contributed by atoms with van der Waals surface area (Å²) in [5, 5.41) is 33.3. The van der Waals surface area contributed by atoms with E-state index in [0.29, 0.717) is 6.42 Å². The summed E-state index contributed by atoms with van der Waals surface area (Å²) in [5.41, 5.74) is 0. The van der Waals surface area contributed by atoms with Gasteiger partial charge in [0.1, 0.15) is 6.10 Å². The number of allylic oxidation sites excluding steroid dienone is 1. The van der Waals surface area contributed by atoms with Gasteiger partial charge < -0.3 is 20.6 Å². The van der Waals surface area contributed by atoms with Gasteiger partial charge in [0, 0.05) is 0 Å². The predicted octanol–water partition coefficient (Wildman–Crippen LogP) is 15.6. The van der Waals surface area contributed by atoms with E-state index in [-0.39, 0.29) is 6.61 Å². The van der Waals surface area contributed by atoms with Crippen LogP contribution in [0.5, 0.6) is 0 Å². The van der Waals surface area contributed by atoms with E-state index >= 15 is 0 Å². The monoisotopic (exact) mass is 806 g/mol. The van der Waals surface area contributed by atoms with E-state index in [1.807, 2.05) is 6.08 Å². The van der Waals surface area contributed by atoms with E-state index in [1.54, 1.807) is 6.08 Å². The highest BCUT2D eigenvalue weighted by atomic mass is 16.3. The summed E-state index contributed by atoms with van der Waals surface area (Å²) in [6, 6.07) is -0.793. The second-order valence-electron chi connectivity index (χ2n) is 18.1. The Labute approximate surface area is 357 Å². The summed E-state index contributed by atoms with van der Waals surface area (Å²) in [6.45, 7) is 4.22. The second-order valence-corrected chi connectivity index (χ2v) is 18.1. The number of aliphatic hydroxyl groups is 3. The Morgan fingerprint density at radius 1 is 0.421 bits per heavy atom. The molecule has 3 atom stereocenters. The maximum Gasteiger partial charge on any atom is 0.249 e. The predicted molar refractivity (Wildman–Crippen MR) is 250 cm³/mol. The van der Waals surface area contributed by atoms with Gasteiger partial charge in [-0.15, -0.1) is 0 Å². The Hall–Kier alpha value is -0.910. The van der Waals surface area contributed by atoms with Crippen LogP contribution in [0.4, 0.5) is 0 Å². The fourth-order valence-corrected chi connectivity index (χ4v) is 8.31. The van der Waals surface area contributed by atoms with Gasteiger partial charge in [0.2, 0.25) is 5.91 Å². The van der Waals surface area contributed by atoms with E-state index < -0.39 is 24.2 Å². The summed E-state index contributed by atoms with van der Waals surface area (Å²) < 4.78 is 0. The van der Waals surface area contributed by atoms with Crippen molar-refractivity contribution in [2.24, 2.45) is 0 Å². The number of hydrogen-bond donors (Lipinski definition) is 4. The Bertz CT molecular complexity index is 803. The van der Waals surface area contributed by atoms with Gasteiger partial charge >= 0.3 is 0 Å². The summed E-state index contributed by atoms with van der Waals surface area (Å²) in [7, 11) is 0. The molecule has 0 saturated heterocycles. The first kappa shape index (κ1) is 56.1. The van der Waals surface area contributed by atoms with Crippen LogP contribution in [0.25, 0.3) is 0 Å². The molecule has 0 aliphatic carbocycles. The van der Waals surface area contributed by atoms with Gasteiger partial charge in [0.25, 0.3) is 0 Å². The number of hydrogen-bond acceptors (Lipinski definition) is 4. The van der Waals surface area contributed by atoms with E-state index in [0.717, 1.165) is 32.1 Å². The highest BCUT2D eigenvalue weighted by Crippen LogP contribution is 2.17. The molecule has 0 bridgehead atoms. The molecule has 5 nitrogen and oxygen atoms in total. The number of carbonyl (C=O) groups excluding carboxylic acids is 1. The molecule has 57 heavy (non-hydrogen) atoms. The van der Waals surface area contributed by atoms with Gasteiger partial charge in [-0.1, -0.05) is 283 Å². The molecule has 3 unspecified atom stereocenters. The number of nitrogens with one attached hydrogen (secondary N) is 1. The van der Waals surface area contributed by atoms with Gasteiger partial charge in [-0.05, 0) is 19.3 Å². The normalized spacial score (nSPS) is 13.4. The lowest BCUT2D eigenvalue weighted by Crippen LogP contribution is -2.48. The van der Waals surface area contributed by atoms with Crippen LogP contribution in [0.2, 0.25) is 0 Å². The molecule has 0 aliphatic rings. The van der Waals surface area contributed by atoms with Gasteiger partial charge in [-0.2, -0.15) is 0 Å². The van der Waals surface area contributed by atoms with Crippen molar-refractivity contribution in [3.63, 3.8) is 0 Å². The highest BCUT2D eigenvalue weighted by molar-refractivity contribution is 5.80. The molecule has 0 radical (unpaired) electrons. The van der Waals surface area contributed by atoms with Gasteiger partial charge in [0.15, 0.2) is 0 Å². The van der Waals surface area contributed by atoms with Crippen molar-refractivity contribution >= 4 is 5.91 Å². The average molecular weight is 806 g/mol. The first-order valence-electron chi connectivity index (χ1n) is 26.0. The van der Waals surface area contributed by atoms with Crippen molar-refractivity contribution in [2.45, 2.75) is 308 Å². The third-order valence-electron chi connectivity index (χ3n) is 12.4. The lowest BCUT2D eigenvalue weighted by molar-refractivity contribution is -0.131. The highest BCUT2D eigenvalue weighted by Gasteiger charge is 2.22.